The summed E-state index contributed by atoms with van der Waals surface area (Å²) in [5.74, 6) is -0.587. The number of carbonyl (C=O) groups is 2. The zero-order chi connectivity index (χ0) is 15.5. The quantitative estimate of drug-likeness (QED) is 0.874. The van der Waals surface area contributed by atoms with Crippen LogP contribution >= 0.6 is 0 Å². The van der Waals surface area contributed by atoms with E-state index in [1.807, 2.05) is 6.07 Å². The minimum Gasteiger partial charge on any atom is -0.481 e. The van der Waals surface area contributed by atoms with Gasteiger partial charge < -0.3 is 10.4 Å². The molecule has 4 heteroatoms. The molecule has 2 N–H and O–H groups in total. The van der Waals surface area contributed by atoms with E-state index >= 15 is 0 Å². The van der Waals surface area contributed by atoms with Gasteiger partial charge in [-0.15, -0.1) is 0 Å². The SMILES string of the molecule is CC(C)(CNC(=O)CC1CCc2ccccc2C1)C(=O)O. The number of aliphatic carboxylic acids is 1. The summed E-state index contributed by atoms with van der Waals surface area (Å²) in [5.41, 5.74) is 1.81. The summed E-state index contributed by atoms with van der Waals surface area (Å²) >= 11 is 0. The number of aryl methyl sites for hydroxylation is 1. The number of rotatable bonds is 5. The van der Waals surface area contributed by atoms with Crippen molar-refractivity contribution in [2.24, 2.45) is 11.3 Å². The average molecular weight is 289 g/mol. The molecule has 0 saturated carbocycles. The second-order valence-corrected chi connectivity index (χ2v) is 6.55. The van der Waals surface area contributed by atoms with E-state index in [0.717, 1.165) is 19.3 Å². The fourth-order valence-electron chi connectivity index (χ4n) is 2.68. The van der Waals surface area contributed by atoms with Crippen LogP contribution in [0.4, 0.5) is 0 Å². The predicted octanol–water partition coefficient (Wildman–Crippen LogP) is 2.41. The molecule has 1 atom stereocenters. The van der Waals surface area contributed by atoms with Crippen LogP contribution in [0.2, 0.25) is 0 Å². The van der Waals surface area contributed by atoms with E-state index in [-0.39, 0.29) is 12.5 Å². The number of hydrogen-bond acceptors (Lipinski definition) is 2. The lowest BCUT2D eigenvalue weighted by Gasteiger charge is -2.25. The van der Waals surface area contributed by atoms with Gasteiger partial charge in [0.05, 0.1) is 5.41 Å². The van der Waals surface area contributed by atoms with E-state index in [1.54, 1.807) is 13.8 Å². The number of amides is 1. The topological polar surface area (TPSA) is 66.4 Å². The number of carboxylic acids is 1. The molecular weight excluding hydrogens is 266 g/mol. The average Bonchev–Trinajstić information content (AvgIpc) is 2.45. The molecular formula is C17H23NO3. The summed E-state index contributed by atoms with van der Waals surface area (Å²) in [6.45, 7) is 3.41. The smallest absolute Gasteiger partial charge is 0.310 e. The van der Waals surface area contributed by atoms with Crippen LogP contribution in [0.1, 0.15) is 37.8 Å². The van der Waals surface area contributed by atoms with Crippen molar-refractivity contribution in [2.75, 3.05) is 6.54 Å². The fraction of sp³-hybridized carbons (Fsp3) is 0.529. The molecule has 0 radical (unpaired) electrons. The largest absolute Gasteiger partial charge is 0.481 e. The van der Waals surface area contributed by atoms with Gasteiger partial charge in [-0.2, -0.15) is 0 Å². The third-order valence-electron chi connectivity index (χ3n) is 4.23. The molecule has 0 heterocycles. The molecule has 0 fully saturated rings. The van der Waals surface area contributed by atoms with Gasteiger partial charge in [0.1, 0.15) is 0 Å². The first kappa shape index (κ1) is 15.5. The lowest BCUT2D eigenvalue weighted by molar-refractivity contribution is -0.146. The number of benzene rings is 1. The summed E-state index contributed by atoms with van der Waals surface area (Å²) in [7, 11) is 0. The van der Waals surface area contributed by atoms with E-state index in [0.29, 0.717) is 12.3 Å². The van der Waals surface area contributed by atoms with E-state index in [1.165, 1.54) is 11.1 Å². The fourth-order valence-corrected chi connectivity index (χ4v) is 2.68. The van der Waals surface area contributed by atoms with Crippen LogP contribution in [0.15, 0.2) is 24.3 Å². The zero-order valence-corrected chi connectivity index (χ0v) is 12.7. The van der Waals surface area contributed by atoms with Crippen molar-refractivity contribution in [1.29, 1.82) is 0 Å². The molecule has 1 aliphatic rings. The molecule has 0 bridgehead atoms. The van der Waals surface area contributed by atoms with Crippen molar-refractivity contribution in [3.05, 3.63) is 35.4 Å². The maximum atomic E-state index is 12.0. The lowest BCUT2D eigenvalue weighted by atomic mass is 9.82. The Bertz CT molecular complexity index is 537. The summed E-state index contributed by atoms with van der Waals surface area (Å²) < 4.78 is 0. The molecule has 114 valence electrons. The molecule has 1 amide bonds. The van der Waals surface area contributed by atoms with Gasteiger partial charge in [-0.3, -0.25) is 9.59 Å². The highest BCUT2D eigenvalue weighted by Gasteiger charge is 2.28. The number of carboxylic acid groups (broad SMARTS) is 1. The highest BCUT2D eigenvalue weighted by molar-refractivity contribution is 5.78. The number of fused-ring (bicyclic) bond motifs is 1. The Hall–Kier alpha value is -1.84. The molecule has 0 spiro atoms. The van der Waals surface area contributed by atoms with Gasteiger partial charge >= 0.3 is 5.97 Å². The zero-order valence-electron chi connectivity index (χ0n) is 12.7. The molecule has 21 heavy (non-hydrogen) atoms. The standard InChI is InChI=1S/C17H23NO3/c1-17(2,16(20)21)11-18-15(19)10-12-7-8-13-5-3-4-6-14(13)9-12/h3-6,12H,7-11H2,1-2H3,(H,18,19)(H,20,21). The Balaban J connectivity index is 1.83. The highest BCUT2D eigenvalue weighted by Crippen LogP contribution is 2.27. The van der Waals surface area contributed by atoms with Crippen molar-refractivity contribution in [1.82, 2.24) is 5.32 Å². The van der Waals surface area contributed by atoms with Crippen molar-refractivity contribution in [3.63, 3.8) is 0 Å². The maximum Gasteiger partial charge on any atom is 0.310 e. The summed E-state index contributed by atoms with van der Waals surface area (Å²) in [4.78, 5) is 23.0. The molecule has 1 unspecified atom stereocenters. The molecule has 0 aliphatic heterocycles. The Kier molecular flexibility index (Phi) is 4.66. The van der Waals surface area contributed by atoms with Crippen LogP contribution in [-0.4, -0.2) is 23.5 Å². The third kappa shape index (κ3) is 4.06. The lowest BCUT2D eigenvalue weighted by Crippen LogP contribution is -2.39. The van der Waals surface area contributed by atoms with E-state index in [9.17, 15) is 9.59 Å². The molecule has 2 rings (SSSR count). The summed E-state index contributed by atoms with van der Waals surface area (Å²) in [6.07, 6.45) is 3.46. The molecule has 1 aliphatic carbocycles. The maximum absolute atomic E-state index is 12.0. The van der Waals surface area contributed by atoms with E-state index < -0.39 is 11.4 Å². The number of carbonyl (C=O) groups excluding carboxylic acids is 1. The van der Waals surface area contributed by atoms with Gasteiger partial charge in [0.25, 0.3) is 0 Å². The molecule has 0 aromatic heterocycles. The van der Waals surface area contributed by atoms with Crippen LogP contribution in [0.5, 0.6) is 0 Å². The second-order valence-electron chi connectivity index (χ2n) is 6.55. The van der Waals surface area contributed by atoms with E-state index in [2.05, 4.69) is 23.5 Å². The Morgan fingerprint density at radius 1 is 1.29 bits per heavy atom. The van der Waals surface area contributed by atoms with E-state index in [4.69, 9.17) is 5.11 Å². The molecule has 0 saturated heterocycles. The monoisotopic (exact) mass is 289 g/mol. The third-order valence-corrected chi connectivity index (χ3v) is 4.23. The first-order valence-electron chi connectivity index (χ1n) is 7.45. The number of nitrogens with one attached hydrogen (secondary N) is 1. The second kappa shape index (κ2) is 6.29. The first-order chi connectivity index (χ1) is 9.88. The van der Waals surface area contributed by atoms with Crippen molar-refractivity contribution in [2.45, 2.75) is 39.5 Å². The Morgan fingerprint density at radius 3 is 2.62 bits per heavy atom. The van der Waals surface area contributed by atoms with Gasteiger partial charge in [-0.1, -0.05) is 24.3 Å². The van der Waals surface area contributed by atoms with Gasteiger partial charge in [0.2, 0.25) is 5.91 Å². The molecule has 1 aromatic carbocycles. The van der Waals surface area contributed by atoms with Crippen molar-refractivity contribution in [3.8, 4) is 0 Å². The van der Waals surface area contributed by atoms with Gasteiger partial charge in [-0.25, -0.2) is 0 Å². The van der Waals surface area contributed by atoms with Crippen LogP contribution in [0, 0.1) is 11.3 Å². The normalized spacial score (nSPS) is 17.9. The molecule has 1 aromatic rings. The summed E-state index contributed by atoms with van der Waals surface area (Å²) in [6, 6.07) is 8.38. The predicted molar refractivity (Wildman–Crippen MR) is 81.0 cm³/mol. The van der Waals surface area contributed by atoms with Gasteiger partial charge in [0, 0.05) is 13.0 Å². The highest BCUT2D eigenvalue weighted by atomic mass is 16.4. The van der Waals surface area contributed by atoms with Crippen LogP contribution in [0.25, 0.3) is 0 Å². The number of hydrogen-bond donors (Lipinski definition) is 2. The minimum atomic E-state index is -0.922. The van der Waals surface area contributed by atoms with Crippen molar-refractivity contribution < 1.29 is 14.7 Å². The van der Waals surface area contributed by atoms with Crippen molar-refractivity contribution >= 4 is 11.9 Å². The van der Waals surface area contributed by atoms with Gasteiger partial charge in [0.15, 0.2) is 0 Å². The minimum absolute atomic E-state index is 0.0475. The molecule has 4 nitrogen and oxygen atoms in total. The summed E-state index contributed by atoms with van der Waals surface area (Å²) in [5, 5.41) is 11.8. The van der Waals surface area contributed by atoms with Crippen LogP contribution in [0.3, 0.4) is 0 Å². The van der Waals surface area contributed by atoms with Crippen LogP contribution in [-0.2, 0) is 22.4 Å². The van der Waals surface area contributed by atoms with Crippen LogP contribution < -0.4 is 5.32 Å². The Morgan fingerprint density at radius 2 is 1.95 bits per heavy atom. The Labute approximate surface area is 125 Å². The first-order valence-corrected chi connectivity index (χ1v) is 7.45. The van der Waals surface area contributed by atoms with Gasteiger partial charge in [-0.05, 0) is 50.2 Å².